The molecule has 17 heavy (non-hydrogen) atoms. The average molecular weight is 229 g/mol. The summed E-state index contributed by atoms with van der Waals surface area (Å²) in [7, 11) is 2.16. The molecule has 0 N–H and O–H groups in total. The van der Waals surface area contributed by atoms with Crippen molar-refractivity contribution in [1.82, 2.24) is 4.98 Å². The van der Waals surface area contributed by atoms with Crippen LogP contribution in [0.25, 0.3) is 10.9 Å². The molecule has 0 aliphatic heterocycles. The summed E-state index contributed by atoms with van der Waals surface area (Å²) in [5, 5.41) is 1.27. The van der Waals surface area contributed by atoms with Gasteiger partial charge in [-0.05, 0) is 12.1 Å². The molecule has 0 radical (unpaired) electrons. The predicted molar refractivity (Wildman–Crippen MR) is 71.1 cm³/mol. The van der Waals surface area contributed by atoms with Gasteiger partial charge in [0.05, 0.1) is 10.9 Å². The van der Waals surface area contributed by atoms with Crippen molar-refractivity contribution in [2.24, 2.45) is 7.05 Å². The maximum atomic E-state index is 4.50. The molecule has 0 saturated carbocycles. The molecule has 0 spiro atoms. The highest BCUT2D eigenvalue weighted by atomic mass is 15.0. The molecule has 2 aromatic heterocycles. The van der Waals surface area contributed by atoms with Crippen LogP contribution in [0.1, 0.15) is 50.9 Å². The Morgan fingerprint density at radius 2 is 1.82 bits per heavy atom. The SMILES string of the molecule is CC(C)c1cc2ncccc2c(C(C)C)[n+]1C. The Bertz CT molecular complexity index is 542. The van der Waals surface area contributed by atoms with Crippen molar-refractivity contribution >= 4 is 10.9 Å². The van der Waals surface area contributed by atoms with Gasteiger partial charge in [-0.2, -0.15) is 0 Å². The second-order valence-electron chi connectivity index (χ2n) is 5.26. The maximum absolute atomic E-state index is 4.50. The Morgan fingerprint density at radius 3 is 2.41 bits per heavy atom. The highest BCUT2D eigenvalue weighted by Gasteiger charge is 2.22. The summed E-state index contributed by atoms with van der Waals surface area (Å²) in [4.78, 5) is 4.50. The summed E-state index contributed by atoms with van der Waals surface area (Å²) < 4.78 is 2.33. The van der Waals surface area contributed by atoms with Gasteiger partial charge in [0.2, 0.25) is 0 Å². The van der Waals surface area contributed by atoms with E-state index in [9.17, 15) is 0 Å². The summed E-state index contributed by atoms with van der Waals surface area (Å²) in [6.45, 7) is 8.94. The lowest BCUT2D eigenvalue weighted by Crippen LogP contribution is -2.40. The molecule has 0 amide bonds. The van der Waals surface area contributed by atoms with E-state index in [4.69, 9.17) is 0 Å². The predicted octanol–water partition coefficient (Wildman–Crippen LogP) is 3.31. The lowest BCUT2D eigenvalue weighted by molar-refractivity contribution is -0.687. The number of hydrogen-bond acceptors (Lipinski definition) is 1. The molecule has 0 fully saturated rings. The van der Waals surface area contributed by atoms with Gasteiger partial charge in [-0.3, -0.25) is 4.98 Å². The van der Waals surface area contributed by atoms with Crippen LogP contribution < -0.4 is 4.57 Å². The number of pyridine rings is 2. The summed E-state index contributed by atoms with van der Waals surface area (Å²) in [6, 6.07) is 6.40. The van der Waals surface area contributed by atoms with Crippen molar-refractivity contribution in [3.05, 3.63) is 35.8 Å². The van der Waals surface area contributed by atoms with E-state index in [0.29, 0.717) is 11.8 Å². The van der Waals surface area contributed by atoms with Crippen molar-refractivity contribution in [1.29, 1.82) is 0 Å². The van der Waals surface area contributed by atoms with Gasteiger partial charge >= 0.3 is 0 Å². The molecule has 2 nitrogen and oxygen atoms in total. The van der Waals surface area contributed by atoms with Crippen LogP contribution in [0.4, 0.5) is 0 Å². The molecular formula is C15H21N2+. The van der Waals surface area contributed by atoms with E-state index in [-0.39, 0.29) is 0 Å². The third-order valence-electron chi connectivity index (χ3n) is 3.29. The third-order valence-corrected chi connectivity index (χ3v) is 3.29. The zero-order valence-electron chi connectivity index (χ0n) is 11.4. The summed E-state index contributed by atoms with van der Waals surface area (Å²) in [6.07, 6.45) is 1.87. The standard InChI is InChI=1S/C15H21N2/c1-10(2)14-9-13-12(7-6-8-16-13)15(11(3)4)17(14)5/h6-11H,1-5H3/q+1. The Balaban J connectivity index is 2.85. The van der Waals surface area contributed by atoms with Crippen molar-refractivity contribution in [2.75, 3.05) is 0 Å². The van der Waals surface area contributed by atoms with Crippen LogP contribution in [0.15, 0.2) is 24.4 Å². The van der Waals surface area contributed by atoms with E-state index < -0.39 is 0 Å². The number of rotatable bonds is 2. The minimum Gasteiger partial charge on any atom is -0.256 e. The molecule has 2 aromatic rings. The van der Waals surface area contributed by atoms with E-state index in [2.05, 4.69) is 56.4 Å². The van der Waals surface area contributed by atoms with Gasteiger partial charge in [0, 0.05) is 24.1 Å². The minimum absolute atomic E-state index is 0.505. The average Bonchev–Trinajstić information content (AvgIpc) is 2.27. The van der Waals surface area contributed by atoms with Crippen LogP contribution in [0.2, 0.25) is 0 Å². The van der Waals surface area contributed by atoms with Crippen molar-refractivity contribution < 1.29 is 4.57 Å². The molecule has 90 valence electrons. The van der Waals surface area contributed by atoms with Gasteiger partial charge in [-0.1, -0.05) is 27.7 Å². The smallest absolute Gasteiger partial charge is 0.193 e. The zero-order chi connectivity index (χ0) is 12.6. The monoisotopic (exact) mass is 229 g/mol. The van der Waals surface area contributed by atoms with Crippen LogP contribution >= 0.6 is 0 Å². The fourth-order valence-electron chi connectivity index (χ4n) is 2.56. The highest BCUT2D eigenvalue weighted by molar-refractivity contribution is 5.80. The van der Waals surface area contributed by atoms with Gasteiger partial charge in [0.15, 0.2) is 11.4 Å². The second kappa shape index (κ2) is 4.44. The van der Waals surface area contributed by atoms with Gasteiger partial charge in [-0.25, -0.2) is 4.57 Å². The summed E-state index contributed by atoms with van der Waals surface area (Å²) in [5.41, 5.74) is 3.83. The quantitative estimate of drug-likeness (QED) is 0.722. The van der Waals surface area contributed by atoms with Crippen LogP contribution in [-0.4, -0.2) is 4.98 Å². The topological polar surface area (TPSA) is 16.8 Å². The first-order valence-electron chi connectivity index (χ1n) is 6.30. The molecule has 0 aliphatic rings. The number of hydrogen-bond donors (Lipinski definition) is 0. The van der Waals surface area contributed by atoms with Crippen molar-refractivity contribution in [3.8, 4) is 0 Å². The fourth-order valence-corrected chi connectivity index (χ4v) is 2.56. The van der Waals surface area contributed by atoms with Gasteiger partial charge in [0.1, 0.15) is 7.05 Å². The summed E-state index contributed by atoms with van der Waals surface area (Å²) in [5.74, 6) is 1.02. The van der Waals surface area contributed by atoms with Crippen LogP contribution in [0.5, 0.6) is 0 Å². The molecule has 2 heterocycles. The molecule has 0 atom stereocenters. The van der Waals surface area contributed by atoms with E-state index >= 15 is 0 Å². The molecule has 0 bridgehead atoms. The Hall–Kier alpha value is -1.44. The lowest BCUT2D eigenvalue weighted by Gasteiger charge is -2.12. The fraction of sp³-hybridized carbons (Fsp3) is 0.467. The van der Waals surface area contributed by atoms with E-state index in [1.165, 1.54) is 16.8 Å². The van der Waals surface area contributed by atoms with Crippen molar-refractivity contribution in [2.45, 2.75) is 39.5 Å². The number of nitrogens with zero attached hydrogens (tertiary/aromatic N) is 2. The molecule has 2 rings (SSSR count). The zero-order valence-corrected chi connectivity index (χ0v) is 11.4. The molecule has 0 aromatic carbocycles. The van der Waals surface area contributed by atoms with Gasteiger partial charge < -0.3 is 0 Å². The molecule has 0 aliphatic carbocycles. The Kier molecular flexibility index (Phi) is 3.14. The second-order valence-corrected chi connectivity index (χ2v) is 5.26. The number of fused-ring (bicyclic) bond motifs is 1. The van der Waals surface area contributed by atoms with E-state index in [1.807, 2.05) is 12.3 Å². The Morgan fingerprint density at radius 1 is 1.12 bits per heavy atom. The third kappa shape index (κ3) is 2.04. The normalized spacial score (nSPS) is 11.7. The first kappa shape index (κ1) is 12.0. The first-order chi connectivity index (χ1) is 8.02. The first-order valence-corrected chi connectivity index (χ1v) is 6.30. The van der Waals surface area contributed by atoms with Gasteiger partial charge in [-0.15, -0.1) is 0 Å². The van der Waals surface area contributed by atoms with E-state index in [0.717, 1.165) is 5.52 Å². The molecule has 2 heteroatoms. The highest BCUT2D eigenvalue weighted by Crippen LogP contribution is 2.23. The molecule has 0 unspecified atom stereocenters. The summed E-state index contributed by atoms with van der Waals surface area (Å²) >= 11 is 0. The lowest BCUT2D eigenvalue weighted by atomic mass is 10.00. The van der Waals surface area contributed by atoms with Crippen molar-refractivity contribution in [3.63, 3.8) is 0 Å². The van der Waals surface area contributed by atoms with Crippen LogP contribution in [-0.2, 0) is 7.05 Å². The molecular weight excluding hydrogens is 208 g/mol. The van der Waals surface area contributed by atoms with Crippen LogP contribution in [0.3, 0.4) is 0 Å². The van der Waals surface area contributed by atoms with Crippen LogP contribution in [0, 0.1) is 0 Å². The maximum Gasteiger partial charge on any atom is 0.193 e. The molecule has 0 saturated heterocycles. The number of aromatic nitrogens is 2. The minimum atomic E-state index is 0.505. The Labute approximate surface area is 103 Å². The largest absolute Gasteiger partial charge is 0.256 e. The van der Waals surface area contributed by atoms with Gasteiger partial charge in [0.25, 0.3) is 0 Å². The van der Waals surface area contributed by atoms with E-state index in [1.54, 1.807) is 0 Å².